The molecule has 34 heavy (non-hydrogen) atoms. The van der Waals surface area contributed by atoms with Gasteiger partial charge in [0.2, 0.25) is 0 Å². The topological polar surface area (TPSA) is 108 Å². The van der Waals surface area contributed by atoms with Gasteiger partial charge in [-0.05, 0) is 32.4 Å². The summed E-state index contributed by atoms with van der Waals surface area (Å²) in [7, 11) is 0. The number of carbonyl (C=O) groups is 2. The van der Waals surface area contributed by atoms with Crippen LogP contribution in [0, 0.1) is 16.0 Å². The van der Waals surface area contributed by atoms with E-state index in [-0.39, 0.29) is 30.0 Å². The van der Waals surface area contributed by atoms with Crippen LogP contribution in [0.15, 0.2) is 77.5 Å². The summed E-state index contributed by atoms with van der Waals surface area (Å²) in [6.45, 7) is 5.41. The van der Waals surface area contributed by atoms with E-state index < -0.39 is 22.8 Å². The molecule has 1 N–H and O–H groups in total. The van der Waals surface area contributed by atoms with Gasteiger partial charge in [-0.15, -0.1) is 0 Å². The monoisotopic (exact) mass is 462 g/mol. The fourth-order valence-electron chi connectivity index (χ4n) is 3.80. The van der Waals surface area contributed by atoms with Crippen molar-refractivity contribution in [2.24, 2.45) is 5.92 Å². The number of hydrogen-bond donors (Lipinski definition) is 1. The van der Waals surface area contributed by atoms with Crippen molar-refractivity contribution in [1.29, 1.82) is 0 Å². The third-order valence-corrected chi connectivity index (χ3v) is 5.26. The Morgan fingerprint density at radius 2 is 1.56 bits per heavy atom. The van der Waals surface area contributed by atoms with Crippen LogP contribution < -0.4 is 5.32 Å². The normalized spacial score (nSPS) is 15.8. The molecular weight excluding hydrogens is 436 g/mol. The molecule has 0 bridgehead atoms. The van der Waals surface area contributed by atoms with E-state index in [0.717, 1.165) is 5.56 Å². The first-order chi connectivity index (χ1) is 16.4. The van der Waals surface area contributed by atoms with Crippen molar-refractivity contribution in [3.63, 3.8) is 0 Å². The van der Waals surface area contributed by atoms with Crippen molar-refractivity contribution in [3.8, 4) is 0 Å². The maximum atomic E-state index is 13.2. The Morgan fingerprint density at radius 1 is 0.971 bits per heavy atom. The van der Waals surface area contributed by atoms with Crippen LogP contribution in [0.1, 0.15) is 31.9 Å². The summed E-state index contributed by atoms with van der Waals surface area (Å²) in [4.78, 5) is 37.1. The van der Waals surface area contributed by atoms with Crippen molar-refractivity contribution >= 4 is 29.4 Å². The largest absolute Gasteiger partial charge is 0.463 e. The third-order valence-electron chi connectivity index (χ3n) is 5.26. The molecule has 1 atom stereocenters. The molecule has 0 fully saturated rings. The molecule has 2 aromatic rings. The van der Waals surface area contributed by atoms with Gasteiger partial charge in [-0.3, -0.25) is 10.1 Å². The zero-order valence-electron chi connectivity index (χ0n) is 19.2. The van der Waals surface area contributed by atoms with Crippen molar-refractivity contribution in [3.05, 3.63) is 98.8 Å². The van der Waals surface area contributed by atoms with Gasteiger partial charge in [-0.1, -0.05) is 54.6 Å². The van der Waals surface area contributed by atoms with Gasteiger partial charge in [0.15, 0.2) is 0 Å². The number of ether oxygens (including phenoxy) is 2. The molecule has 2 aromatic carbocycles. The van der Waals surface area contributed by atoms with Crippen LogP contribution in [0.4, 0.5) is 5.69 Å². The summed E-state index contributed by atoms with van der Waals surface area (Å²) in [6, 6.07) is 15.5. The molecule has 1 heterocycles. The first kappa shape index (κ1) is 24.4. The highest BCUT2D eigenvalue weighted by atomic mass is 16.6. The van der Waals surface area contributed by atoms with Gasteiger partial charge in [0.05, 0.1) is 40.5 Å². The number of rotatable bonds is 8. The zero-order valence-corrected chi connectivity index (χ0v) is 19.2. The number of hydrogen-bond acceptors (Lipinski definition) is 7. The fraction of sp³-hybridized carbons (Fsp3) is 0.231. The van der Waals surface area contributed by atoms with Crippen LogP contribution in [0.25, 0.3) is 11.8 Å². The van der Waals surface area contributed by atoms with Crippen molar-refractivity contribution in [1.82, 2.24) is 5.32 Å². The van der Waals surface area contributed by atoms with Crippen LogP contribution in [0.2, 0.25) is 0 Å². The Balaban J connectivity index is 2.23. The molecule has 0 aliphatic carbocycles. The molecular formula is C26H26N2O6. The van der Waals surface area contributed by atoms with E-state index in [1.165, 1.54) is 6.07 Å². The number of carbonyl (C=O) groups excluding carboxylic acids is 2. The molecule has 1 aliphatic heterocycles. The summed E-state index contributed by atoms with van der Waals surface area (Å²) in [5, 5.41) is 14.7. The average molecular weight is 463 g/mol. The Labute approximate surface area is 197 Å². The van der Waals surface area contributed by atoms with Crippen molar-refractivity contribution < 1.29 is 24.0 Å². The maximum absolute atomic E-state index is 13.2. The zero-order chi connectivity index (χ0) is 24.7. The van der Waals surface area contributed by atoms with Crippen LogP contribution >= 0.6 is 0 Å². The van der Waals surface area contributed by atoms with Gasteiger partial charge in [-0.2, -0.15) is 0 Å². The maximum Gasteiger partial charge on any atom is 0.337 e. The van der Waals surface area contributed by atoms with Gasteiger partial charge in [0.25, 0.3) is 5.69 Å². The van der Waals surface area contributed by atoms with Gasteiger partial charge in [0, 0.05) is 17.7 Å². The lowest BCUT2D eigenvalue weighted by atomic mass is 9.83. The Bertz CT molecular complexity index is 1180. The summed E-state index contributed by atoms with van der Waals surface area (Å²) in [5.74, 6) is -2.03. The van der Waals surface area contributed by atoms with E-state index in [9.17, 15) is 19.7 Å². The molecule has 176 valence electrons. The quantitative estimate of drug-likeness (QED) is 0.346. The number of benzene rings is 2. The highest BCUT2D eigenvalue weighted by Gasteiger charge is 2.37. The highest BCUT2D eigenvalue weighted by Crippen LogP contribution is 2.37. The van der Waals surface area contributed by atoms with Crippen LogP contribution in [0.5, 0.6) is 0 Å². The first-order valence-corrected chi connectivity index (χ1v) is 10.9. The predicted octanol–water partition coefficient (Wildman–Crippen LogP) is 4.64. The third kappa shape index (κ3) is 5.23. The number of para-hydroxylation sites is 1. The lowest BCUT2D eigenvalue weighted by Gasteiger charge is -2.30. The van der Waals surface area contributed by atoms with Gasteiger partial charge in [0.1, 0.15) is 0 Å². The number of nitro benzene ring substituents is 1. The molecule has 1 unspecified atom stereocenters. The lowest BCUT2D eigenvalue weighted by Crippen LogP contribution is -2.33. The predicted molar refractivity (Wildman–Crippen MR) is 128 cm³/mol. The first-order valence-electron chi connectivity index (χ1n) is 10.9. The van der Waals surface area contributed by atoms with Gasteiger partial charge in [-0.25, -0.2) is 9.59 Å². The number of nitro groups is 1. The molecule has 0 radical (unpaired) electrons. The summed E-state index contributed by atoms with van der Waals surface area (Å²) >= 11 is 0. The standard InChI is InChI=1S/C26H26N2O6/c1-4-33-25(29)22-17(3)27-24(19-12-7-6-8-13-19)23(26(30)34-5-2)20(22)16-15-18-11-9-10-14-21(18)28(31)32/h6-16,20,27H,4-5H2,1-3H3/b16-15+. The molecule has 0 spiro atoms. The highest BCUT2D eigenvalue weighted by molar-refractivity contribution is 6.04. The molecule has 0 aromatic heterocycles. The minimum absolute atomic E-state index is 0.0870. The Kier molecular flexibility index (Phi) is 7.97. The summed E-state index contributed by atoms with van der Waals surface area (Å²) < 4.78 is 10.6. The van der Waals surface area contributed by atoms with Crippen molar-refractivity contribution in [2.75, 3.05) is 13.2 Å². The number of nitrogens with zero attached hydrogens (tertiary/aromatic N) is 1. The molecule has 0 amide bonds. The lowest BCUT2D eigenvalue weighted by molar-refractivity contribution is -0.385. The molecule has 1 aliphatic rings. The minimum Gasteiger partial charge on any atom is -0.463 e. The number of dihydropyridines is 1. The van der Waals surface area contributed by atoms with E-state index in [0.29, 0.717) is 17.0 Å². The molecule has 8 heteroatoms. The second-order valence-electron chi connectivity index (χ2n) is 7.41. The van der Waals surface area contributed by atoms with E-state index in [2.05, 4.69) is 5.32 Å². The number of esters is 2. The van der Waals surface area contributed by atoms with E-state index in [1.54, 1.807) is 51.1 Å². The van der Waals surface area contributed by atoms with Crippen LogP contribution in [0.3, 0.4) is 0 Å². The number of nitrogens with one attached hydrogen (secondary N) is 1. The fourth-order valence-corrected chi connectivity index (χ4v) is 3.80. The van der Waals surface area contributed by atoms with Crippen molar-refractivity contribution in [2.45, 2.75) is 20.8 Å². The average Bonchev–Trinajstić information content (AvgIpc) is 2.83. The minimum atomic E-state index is -0.852. The second-order valence-corrected chi connectivity index (χ2v) is 7.41. The smallest absolute Gasteiger partial charge is 0.337 e. The summed E-state index contributed by atoms with van der Waals surface area (Å²) in [5.41, 5.74) is 2.46. The van der Waals surface area contributed by atoms with Gasteiger partial charge >= 0.3 is 11.9 Å². The Hall–Kier alpha value is -4.20. The summed E-state index contributed by atoms with van der Waals surface area (Å²) in [6.07, 6.45) is 3.15. The SMILES string of the molecule is CCOC(=O)C1=C(C)NC(c2ccccc2)=C(C(=O)OCC)C1/C=C/c1ccccc1[N+](=O)[O-]. The Morgan fingerprint density at radius 3 is 2.18 bits per heavy atom. The van der Waals surface area contributed by atoms with E-state index >= 15 is 0 Å². The van der Waals surface area contributed by atoms with Crippen LogP contribution in [-0.4, -0.2) is 30.1 Å². The second kappa shape index (κ2) is 11.1. The number of allylic oxidation sites excluding steroid dienone is 2. The molecule has 3 rings (SSSR count). The van der Waals surface area contributed by atoms with E-state index in [4.69, 9.17) is 9.47 Å². The van der Waals surface area contributed by atoms with Gasteiger partial charge < -0.3 is 14.8 Å². The van der Waals surface area contributed by atoms with E-state index in [1.807, 2.05) is 30.3 Å². The van der Waals surface area contributed by atoms with Crippen LogP contribution in [-0.2, 0) is 19.1 Å². The molecule has 0 saturated carbocycles. The molecule has 8 nitrogen and oxygen atoms in total. The molecule has 0 saturated heterocycles.